The molecule has 2 aromatic carbocycles. The van der Waals surface area contributed by atoms with Gasteiger partial charge in [-0.3, -0.25) is 0 Å². The molecule has 0 unspecified atom stereocenters. The van der Waals surface area contributed by atoms with Gasteiger partial charge in [-0.05, 0) is 48.9 Å². The van der Waals surface area contributed by atoms with Crippen molar-refractivity contribution in [3.63, 3.8) is 0 Å². The molecule has 1 heterocycles. The molecule has 0 aliphatic heterocycles. The first-order valence-electron chi connectivity index (χ1n) is 7.01. The summed E-state index contributed by atoms with van der Waals surface area (Å²) in [6.07, 6.45) is 0. The standard InChI is InChI=1S/C17H15FN2O3/c1-11-3-8-14(15(9-11)21-2)22-10-16-19-20-17(23-16)12-4-6-13(18)7-5-12/h3-9H,10H2,1-2H3. The highest BCUT2D eigenvalue weighted by Crippen LogP contribution is 2.28. The van der Waals surface area contributed by atoms with Crippen molar-refractivity contribution in [2.24, 2.45) is 0 Å². The third-order valence-corrected chi connectivity index (χ3v) is 3.23. The molecule has 0 fully saturated rings. The molecule has 0 bridgehead atoms. The minimum absolute atomic E-state index is 0.119. The Morgan fingerprint density at radius 2 is 1.83 bits per heavy atom. The van der Waals surface area contributed by atoms with Crippen molar-refractivity contribution >= 4 is 0 Å². The Balaban J connectivity index is 1.71. The fourth-order valence-electron chi connectivity index (χ4n) is 2.05. The summed E-state index contributed by atoms with van der Waals surface area (Å²) in [5.74, 6) is 1.57. The van der Waals surface area contributed by atoms with Gasteiger partial charge in [0, 0.05) is 5.56 Å². The maximum atomic E-state index is 12.9. The lowest BCUT2D eigenvalue weighted by Gasteiger charge is -2.09. The molecule has 3 rings (SSSR count). The summed E-state index contributed by atoms with van der Waals surface area (Å²) in [6.45, 7) is 2.09. The van der Waals surface area contributed by atoms with Crippen molar-refractivity contribution in [1.29, 1.82) is 0 Å². The zero-order valence-electron chi connectivity index (χ0n) is 12.7. The summed E-state index contributed by atoms with van der Waals surface area (Å²) in [5.41, 5.74) is 1.73. The van der Waals surface area contributed by atoms with Gasteiger partial charge in [-0.1, -0.05) is 6.07 Å². The molecule has 23 heavy (non-hydrogen) atoms. The van der Waals surface area contributed by atoms with Crippen LogP contribution in [-0.4, -0.2) is 17.3 Å². The second-order valence-electron chi connectivity index (χ2n) is 4.95. The summed E-state index contributed by atoms with van der Waals surface area (Å²) >= 11 is 0. The van der Waals surface area contributed by atoms with E-state index in [-0.39, 0.29) is 12.4 Å². The number of rotatable bonds is 5. The van der Waals surface area contributed by atoms with Crippen LogP contribution in [0.15, 0.2) is 46.9 Å². The molecular formula is C17H15FN2O3. The number of benzene rings is 2. The van der Waals surface area contributed by atoms with E-state index in [0.717, 1.165) is 5.56 Å². The van der Waals surface area contributed by atoms with E-state index in [4.69, 9.17) is 13.9 Å². The molecular weight excluding hydrogens is 299 g/mol. The first-order valence-corrected chi connectivity index (χ1v) is 7.01. The summed E-state index contributed by atoms with van der Waals surface area (Å²) in [4.78, 5) is 0. The number of hydrogen-bond acceptors (Lipinski definition) is 5. The van der Waals surface area contributed by atoms with Gasteiger partial charge < -0.3 is 13.9 Å². The van der Waals surface area contributed by atoms with E-state index in [2.05, 4.69) is 10.2 Å². The van der Waals surface area contributed by atoms with E-state index in [1.165, 1.54) is 12.1 Å². The SMILES string of the molecule is COc1cc(C)ccc1OCc1nnc(-c2ccc(F)cc2)o1. The van der Waals surface area contributed by atoms with Gasteiger partial charge in [-0.15, -0.1) is 10.2 Å². The van der Waals surface area contributed by atoms with Crippen LogP contribution in [0.3, 0.4) is 0 Å². The van der Waals surface area contributed by atoms with Crippen molar-refractivity contribution in [1.82, 2.24) is 10.2 Å². The number of aromatic nitrogens is 2. The number of halogens is 1. The van der Waals surface area contributed by atoms with Crippen molar-refractivity contribution in [2.75, 3.05) is 7.11 Å². The van der Waals surface area contributed by atoms with Gasteiger partial charge in [-0.2, -0.15) is 0 Å². The van der Waals surface area contributed by atoms with Crippen molar-refractivity contribution in [3.05, 3.63) is 59.7 Å². The lowest BCUT2D eigenvalue weighted by Crippen LogP contribution is -1.98. The predicted octanol–water partition coefficient (Wildman–Crippen LogP) is 3.77. The first kappa shape index (κ1) is 15.0. The summed E-state index contributed by atoms with van der Waals surface area (Å²) < 4.78 is 29.4. The average Bonchev–Trinajstić information content (AvgIpc) is 3.03. The molecule has 0 aliphatic rings. The molecule has 5 nitrogen and oxygen atoms in total. The molecule has 0 aliphatic carbocycles. The van der Waals surface area contributed by atoms with Gasteiger partial charge in [0.15, 0.2) is 18.1 Å². The summed E-state index contributed by atoms with van der Waals surface area (Å²) in [5, 5.41) is 7.86. The fraction of sp³-hybridized carbons (Fsp3) is 0.176. The monoisotopic (exact) mass is 314 g/mol. The predicted molar refractivity (Wildman–Crippen MR) is 81.8 cm³/mol. The topological polar surface area (TPSA) is 57.4 Å². The zero-order chi connectivity index (χ0) is 16.2. The van der Waals surface area contributed by atoms with E-state index in [0.29, 0.717) is 28.8 Å². The number of hydrogen-bond donors (Lipinski definition) is 0. The summed E-state index contributed by atoms with van der Waals surface area (Å²) in [7, 11) is 1.58. The van der Waals surface area contributed by atoms with Crippen LogP contribution >= 0.6 is 0 Å². The maximum Gasteiger partial charge on any atom is 0.254 e. The van der Waals surface area contributed by atoms with Crippen LogP contribution in [0.5, 0.6) is 11.5 Å². The molecule has 0 saturated heterocycles. The Morgan fingerprint density at radius 3 is 2.57 bits per heavy atom. The minimum Gasteiger partial charge on any atom is -0.493 e. The normalized spacial score (nSPS) is 10.6. The number of ether oxygens (including phenoxy) is 2. The second-order valence-corrected chi connectivity index (χ2v) is 4.95. The van der Waals surface area contributed by atoms with E-state index >= 15 is 0 Å². The quantitative estimate of drug-likeness (QED) is 0.717. The van der Waals surface area contributed by atoms with Crippen LogP contribution in [0.4, 0.5) is 4.39 Å². The van der Waals surface area contributed by atoms with Crippen LogP contribution in [-0.2, 0) is 6.61 Å². The van der Waals surface area contributed by atoms with Gasteiger partial charge in [0.2, 0.25) is 5.89 Å². The lowest BCUT2D eigenvalue weighted by molar-refractivity contribution is 0.251. The Labute approximate surface area is 132 Å². The molecule has 0 saturated carbocycles. The Hall–Kier alpha value is -2.89. The molecule has 0 spiro atoms. The van der Waals surface area contributed by atoms with Crippen LogP contribution in [0.25, 0.3) is 11.5 Å². The van der Waals surface area contributed by atoms with E-state index in [1.807, 2.05) is 25.1 Å². The molecule has 0 radical (unpaired) electrons. The van der Waals surface area contributed by atoms with Crippen LogP contribution in [0.2, 0.25) is 0 Å². The maximum absolute atomic E-state index is 12.9. The largest absolute Gasteiger partial charge is 0.493 e. The van der Waals surface area contributed by atoms with E-state index in [1.54, 1.807) is 19.2 Å². The Kier molecular flexibility index (Phi) is 4.23. The van der Waals surface area contributed by atoms with Gasteiger partial charge in [0.1, 0.15) is 5.82 Å². The van der Waals surface area contributed by atoms with Gasteiger partial charge in [-0.25, -0.2) is 4.39 Å². The fourth-order valence-corrected chi connectivity index (χ4v) is 2.05. The smallest absolute Gasteiger partial charge is 0.254 e. The van der Waals surface area contributed by atoms with Crippen LogP contribution in [0, 0.1) is 12.7 Å². The Morgan fingerprint density at radius 1 is 1.04 bits per heavy atom. The summed E-state index contributed by atoms with van der Waals surface area (Å²) in [6, 6.07) is 11.5. The van der Waals surface area contributed by atoms with E-state index < -0.39 is 0 Å². The highest BCUT2D eigenvalue weighted by molar-refractivity contribution is 5.52. The third-order valence-electron chi connectivity index (χ3n) is 3.23. The lowest BCUT2D eigenvalue weighted by atomic mass is 10.2. The van der Waals surface area contributed by atoms with Crippen molar-refractivity contribution < 1.29 is 18.3 Å². The van der Waals surface area contributed by atoms with Crippen molar-refractivity contribution in [2.45, 2.75) is 13.5 Å². The first-order chi connectivity index (χ1) is 11.2. The van der Waals surface area contributed by atoms with Gasteiger partial charge in [0.05, 0.1) is 7.11 Å². The number of methoxy groups -OCH3 is 1. The number of aryl methyl sites for hydroxylation is 1. The van der Waals surface area contributed by atoms with Crippen molar-refractivity contribution in [3.8, 4) is 23.0 Å². The highest BCUT2D eigenvalue weighted by Gasteiger charge is 2.11. The van der Waals surface area contributed by atoms with Gasteiger partial charge in [0.25, 0.3) is 5.89 Å². The molecule has 0 N–H and O–H groups in total. The van der Waals surface area contributed by atoms with Gasteiger partial charge >= 0.3 is 0 Å². The third kappa shape index (κ3) is 3.48. The van der Waals surface area contributed by atoms with Crippen LogP contribution in [0.1, 0.15) is 11.5 Å². The molecule has 0 amide bonds. The second kappa shape index (κ2) is 6.48. The average molecular weight is 314 g/mol. The van der Waals surface area contributed by atoms with Crippen LogP contribution < -0.4 is 9.47 Å². The number of nitrogens with zero attached hydrogens (tertiary/aromatic N) is 2. The zero-order valence-corrected chi connectivity index (χ0v) is 12.7. The molecule has 1 aromatic heterocycles. The molecule has 118 valence electrons. The Bertz CT molecular complexity index is 800. The molecule has 3 aromatic rings. The highest BCUT2D eigenvalue weighted by atomic mass is 19.1. The molecule has 0 atom stereocenters. The minimum atomic E-state index is -0.316. The molecule has 6 heteroatoms. The van der Waals surface area contributed by atoms with E-state index in [9.17, 15) is 4.39 Å².